The SMILES string of the molecule is CC(C)NC(c1ccc(Cl)cc1)C(C)C. The molecule has 0 bridgehead atoms. The highest BCUT2D eigenvalue weighted by Crippen LogP contribution is 2.23. The molecule has 0 aliphatic carbocycles. The summed E-state index contributed by atoms with van der Waals surface area (Å²) >= 11 is 5.88. The average molecular weight is 226 g/mol. The Kier molecular flexibility index (Phi) is 4.62. The quantitative estimate of drug-likeness (QED) is 0.816. The van der Waals surface area contributed by atoms with Gasteiger partial charge in [-0.25, -0.2) is 0 Å². The van der Waals surface area contributed by atoms with Gasteiger partial charge in [0, 0.05) is 17.1 Å². The second-order valence-electron chi connectivity index (χ2n) is 4.59. The van der Waals surface area contributed by atoms with Crippen LogP contribution in [0.5, 0.6) is 0 Å². The summed E-state index contributed by atoms with van der Waals surface area (Å²) in [5.74, 6) is 0.577. The van der Waals surface area contributed by atoms with Crippen molar-refractivity contribution in [2.75, 3.05) is 0 Å². The Morgan fingerprint density at radius 3 is 1.93 bits per heavy atom. The molecule has 1 unspecified atom stereocenters. The minimum absolute atomic E-state index is 0.405. The van der Waals surface area contributed by atoms with Gasteiger partial charge in [-0.05, 0) is 23.6 Å². The third-order valence-electron chi connectivity index (χ3n) is 2.41. The maximum absolute atomic E-state index is 5.88. The van der Waals surface area contributed by atoms with Crippen molar-refractivity contribution in [3.63, 3.8) is 0 Å². The molecule has 0 amide bonds. The highest BCUT2D eigenvalue weighted by Gasteiger charge is 2.15. The summed E-state index contributed by atoms with van der Waals surface area (Å²) in [6, 6.07) is 9.00. The molecule has 0 heterocycles. The number of hydrogen-bond acceptors (Lipinski definition) is 1. The van der Waals surface area contributed by atoms with Crippen LogP contribution >= 0.6 is 11.6 Å². The third-order valence-corrected chi connectivity index (χ3v) is 2.66. The Balaban J connectivity index is 2.84. The minimum atomic E-state index is 0.405. The van der Waals surface area contributed by atoms with Crippen molar-refractivity contribution >= 4 is 11.6 Å². The highest BCUT2D eigenvalue weighted by molar-refractivity contribution is 6.30. The van der Waals surface area contributed by atoms with Gasteiger partial charge in [-0.3, -0.25) is 0 Å². The number of nitrogens with one attached hydrogen (secondary N) is 1. The molecule has 0 aliphatic rings. The molecule has 0 radical (unpaired) electrons. The van der Waals surface area contributed by atoms with Gasteiger partial charge in [0.25, 0.3) is 0 Å². The molecule has 84 valence electrons. The normalized spacial score (nSPS) is 13.5. The fourth-order valence-electron chi connectivity index (χ4n) is 1.70. The van der Waals surface area contributed by atoms with Crippen molar-refractivity contribution in [3.05, 3.63) is 34.9 Å². The van der Waals surface area contributed by atoms with Crippen LogP contribution < -0.4 is 5.32 Å². The average Bonchev–Trinajstić information content (AvgIpc) is 2.15. The molecule has 15 heavy (non-hydrogen) atoms. The van der Waals surface area contributed by atoms with Crippen molar-refractivity contribution < 1.29 is 0 Å². The number of benzene rings is 1. The Morgan fingerprint density at radius 1 is 1.00 bits per heavy atom. The van der Waals surface area contributed by atoms with Gasteiger partial charge >= 0.3 is 0 Å². The molecular weight excluding hydrogens is 206 g/mol. The van der Waals surface area contributed by atoms with E-state index in [2.05, 4.69) is 45.1 Å². The van der Waals surface area contributed by atoms with E-state index in [1.165, 1.54) is 5.56 Å². The third kappa shape index (κ3) is 3.84. The van der Waals surface area contributed by atoms with Gasteiger partial charge in [-0.2, -0.15) is 0 Å². The van der Waals surface area contributed by atoms with E-state index in [1.54, 1.807) is 0 Å². The molecule has 0 aliphatic heterocycles. The van der Waals surface area contributed by atoms with Gasteiger partial charge < -0.3 is 5.32 Å². The molecule has 1 aromatic rings. The summed E-state index contributed by atoms with van der Waals surface area (Å²) < 4.78 is 0. The van der Waals surface area contributed by atoms with Crippen molar-refractivity contribution in [3.8, 4) is 0 Å². The van der Waals surface area contributed by atoms with E-state index in [0.717, 1.165) is 5.02 Å². The fraction of sp³-hybridized carbons (Fsp3) is 0.538. The largest absolute Gasteiger partial charge is 0.307 e. The smallest absolute Gasteiger partial charge is 0.0406 e. The van der Waals surface area contributed by atoms with Gasteiger partial charge in [0.05, 0.1) is 0 Å². The molecule has 0 saturated carbocycles. The summed E-state index contributed by atoms with van der Waals surface area (Å²) in [7, 11) is 0. The minimum Gasteiger partial charge on any atom is -0.307 e. The molecule has 1 N–H and O–H groups in total. The first kappa shape index (κ1) is 12.5. The van der Waals surface area contributed by atoms with Crippen LogP contribution in [0.3, 0.4) is 0 Å². The Hall–Kier alpha value is -0.530. The van der Waals surface area contributed by atoms with E-state index in [9.17, 15) is 0 Å². The highest BCUT2D eigenvalue weighted by atomic mass is 35.5. The second kappa shape index (κ2) is 5.53. The van der Waals surface area contributed by atoms with Crippen LogP contribution in [0, 0.1) is 5.92 Å². The Labute approximate surface area is 97.8 Å². The second-order valence-corrected chi connectivity index (χ2v) is 5.03. The number of hydrogen-bond donors (Lipinski definition) is 1. The van der Waals surface area contributed by atoms with Crippen molar-refractivity contribution in [1.82, 2.24) is 5.32 Å². The van der Waals surface area contributed by atoms with Crippen molar-refractivity contribution in [2.45, 2.75) is 39.8 Å². The van der Waals surface area contributed by atoms with Crippen LogP contribution in [0.25, 0.3) is 0 Å². The van der Waals surface area contributed by atoms with Crippen LogP contribution in [0.2, 0.25) is 5.02 Å². The zero-order chi connectivity index (χ0) is 11.4. The van der Waals surface area contributed by atoms with E-state index in [0.29, 0.717) is 18.0 Å². The maximum Gasteiger partial charge on any atom is 0.0406 e. The molecular formula is C13H20ClN. The van der Waals surface area contributed by atoms with Crippen LogP contribution in [0.1, 0.15) is 39.3 Å². The lowest BCUT2D eigenvalue weighted by atomic mass is 9.95. The summed E-state index contributed by atoms with van der Waals surface area (Å²) in [6.45, 7) is 8.81. The fourth-order valence-corrected chi connectivity index (χ4v) is 1.83. The molecule has 1 rings (SSSR count). The van der Waals surface area contributed by atoms with Gasteiger partial charge in [-0.15, -0.1) is 0 Å². The molecule has 1 atom stereocenters. The molecule has 0 spiro atoms. The Morgan fingerprint density at radius 2 is 1.53 bits per heavy atom. The Bertz CT molecular complexity index is 290. The molecule has 1 aromatic carbocycles. The van der Waals surface area contributed by atoms with Crippen LogP contribution in [0.15, 0.2) is 24.3 Å². The van der Waals surface area contributed by atoms with Gasteiger partial charge in [-0.1, -0.05) is 51.4 Å². The maximum atomic E-state index is 5.88. The molecule has 0 fully saturated rings. The molecule has 2 heteroatoms. The van der Waals surface area contributed by atoms with E-state index in [4.69, 9.17) is 11.6 Å². The van der Waals surface area contributed by atoms with E-state index >= 15 is 0 Å². The summed E-state index contributed by atoms with van der Waals surface area (Å²) in [4.78, 5) is 0. The first-order chi connectivity index (χ1) is 7.00. The zero-order valence-electron chi connectivity index (χ0n) is 9.92. The summed E-state index contributed by atoms with van der Waals surface area (Å²) in [5.41, 5.74) is 1.31. The zero-order valence-corrected chi connectivity index (χ0v) is 10.7. The molecule has 0 saturated heterocycles. The first-order valence-corrected chi connectivity index (χ1v) is 5.90. The van der Waals surface area contributed by atoms with E-state index < -0.39 is 0 Å². The standard InChI is InChI=1S/C13H20ClN/c1-9(2)13(15-10(3)4)11-5-7-12(14)8-6-11/h5-10,13,15H,1-4H3. The summed E-state index contributed by atoms with van der Waals surface area (Å²) in [5, 5.41) is 4.37. The predicted molar refractivity (Wildman–Crippen MR) is 67.3 cm³/mol. The lowest BCUT2D eigenvalue weighted by Gasteiger charge is -2.25. The van der Waals surface area contributed by atoms with Crippen molar-refractivity contribution in [1.29, 1.82) is 0 Å². The van der Waals surface area contributed by atoms with E-state index in [1.807, 2.05) is 12.1 Å². The number of halogens is 1. The van der Waals surface area contributed by atoms with E-state index in [-0.39, 0.29) is 0 Å². The first-order valence-electron chi connectivity index (χ1n) is 5.52. The lowest BCUT2D eigenvalue weighted by Crippen LogP contribution is -2.31. The molecule has 1 nitrogen and oxygen atoms in total. The molecule has 0 aromatic heterocycles. The monoisotopic (exact) mass is 225 g/mol. The summed E-state index contributed by atoms with van der Waals surface area (Å²) in [6.07, 6.45) is 0. The predicted octanol–water partition coefficient (Wildman–Crippen LogP) is 4.04. The van der Waals surface area contributed by atoms with Crippen molar-refractivity contribution in [2.24, 2.45) is 5.92 Å². The van der Waals surface area contributed by atoms with Crippen LogP contribution in [-0.2, 0) is 0 Å². The lowest BCUT2D eigenvalue weighted by molar-refractivity contribution is 0.381. The number of rotatable bonds is 4. The van der Waals surface area contributed by atoms with Gasteiger partial charge in [0.15, 0.2) is 0 Å². The van der Waals surface area contributed by atoms with Crippen LogP contribution in [-0.4, -0.2) is 6.04 Å². The van der Waals surface area contributed by atoms with Crippen LogP contribution in [0.4, 0.5) is 0 Å². The van der Waals surface area contributed by atoms with Gasteiger partial charge in [0.1, 0.15) is 0 Å². The van der Waals surface area contributed by atoms with Gasteiger partial charge in [0.2, 0.25) is 0 Å². The topological polar surface area (TPSA) is 12.0 Å².